The van der Waals surface area contributed by atoms with E-state index in [2.05, 4.69) is 16.3 Å². The Bertz CT molecular complexity index is 467. The van der Waals surface area contributed by atoms with Crippen LogP contribution in [0.4, 0.5) is 0 Å². The third kappa shape index (κ3) is 2.17. The zero-order valence-corrected chi connectivity index (χ0v) is 8.66. The third-order valence-corrected chi connectivity index (χ3v) is 2.77. The van der Waals surface area contributed by atoms with Crippen molar-refractivity contribution in [3.8, 4) is 6.07 Å². The van der Waals surface area contributed by atoms with E-state index >= 15 is 0 Å². The highest BCUT2D eigenvalue weighted by Crippen LogP contribution is 2.13. The number of rotatable bonds is 1. The van der Waals surface area contributed by atoms with Crippen LogP contribution < -0.4 is 5.73 Å². The summed E-state index contributed by atoms with van der Waals surface area (Å²) < 4.78 is 0. The molecule has 0 aromatic heterocycles. The Morgan fingerprint density at radius 1 is 1.27 bits per heavy atom. The van der Waals surface area contributed by atoms with Gasteiger partial charge in [-0.15, -0.1) is 5.10 Å². The topological polar surface area (TPSA) is 74.5 Å². The summed E-state index contributed by atoms with van der Waals surface area (Å²) in [5.74, 6) is 0.723. The smallest absolute Gasteiger partial charge is 0.180 e. The summed E-state index contributed by atoms with van der Waals surface area (Å²) in [6.45, 7) is 0. The molecule has 5 heteroatoms. The molecule has 0 atom stereocenters. The van der Waals surface area contributed by atoms with Gasteiger partial charge in [-0.3, -0.25) is 0 Å². The quantitative estimate of drug-likeness (QED) is 0.769. The lowest BCUT2D eigenvalue weighted by atomic mass is 10.1. The first-order valence-corrected chi connectivity index (χ1v) is 5.31. The van der Waals surface area contributed by atoms with Gasteiger partial charge in [-0.05, 0) is 17.7 Å². The van der Waals surface area contributed by atoms with Gasteiger partial charge in [0.25, 0.3) is 0 Å². The molecule has 4 nitrogen and oxygen atoms in total. The third-order valence-electron chi connectivity index (χ3n) is 1.97. The SMILES string of the molecule is N#Cc1ccc(C2=NN=C(N)SC2)cc1. The first kappa shape index (κ1) is 9.74. The lowest BCUT2D eigenvalue weighted by molar-refractivity contribution is 1.22. The van der Waals surface area contributed by atoms with Crippen LogP contribution in [-0.2, 0) is 0 Å². The van der Waals surface area contributed by atoms with Crippen LogP contribution in [-0.4, -0.2) is 16.6 Å². The van der Waals surface area contributed by atoms with Crippen molar-refractivity contribution in [1.29, 1.82) is 5.26 Å². The van der Waals surface area contributed by atoms with Gasteiger partial charge < -0.3 is 5.73 Å². The second-order valence-corrected chi connectivity index (χ2v) is 3.96. The predicted molar refractivity (Wildman–Crippen MR) is 61.8 cm³/mol. The molecule has 1 aliphatic rings. The zero-order chi connectivity index (χ0) is 10.7. The number of hydrogen-bond donors (Lipinski definition) is 1. The minimum atomic E-state index is 0.493. The average Bonchev–Trinajstić information content (AvgIpc) is 2.30. The number of nitriles is 1. The largest absolute Gasteiger partial charge is 0.377 e. The Kier molecular flexibility index (Phi) is 2.70. The molecule has 0 spiro atoms. The maximum absolute atomic E-state index is 8.65. The predicted octanol–water partition coefficient (Wildman–Crippen LogP) is 1.32. The van der Waals surface area contributed by atoms with E-state index < -0.39 is 0 Å². The molecule has 0 fully saturated rings. The summed E-state index contributed by atoms with van der Waals surface area (Å²) in [5, 5.41) is 17.0. The molecule has 1 aliphatic heterocycles. The molecule has 1 heterocycles. The van der Waals surface area contributed by atoms with E-state index in [0.717, 1.165) is 17.0 Å². The number of nitrogens with zero attached hydrogens (tertiary/aromatic N) is 3. The van der Waals surface area contributed by atoms with Crippen molar-refractivity contribution in [2.24, 2.45) is 15.9 Å². The van der Waals surface area contributed by atoms with E-state index in [-0.39, 0.29) is 0 Å². The molecule has 1 aromatic carbocycles. The summed E-state index contributed by atoms with van der Waals surface area (Å²) in [4.78, 5) is 0. The van der Waals surface area contributed by atoms with Crippen molar-refractivity contribution >= 4 is 22.6 Å². The van der Waals surface area contributed by atoms with Crippen LogP contribution >= 0.6 is 11.8 Å². The van der Waals surface area contributed by atoms with Crippen LogP contribution in [0, 0.1) is 11.3 Å². The molecule has 0 saturated carbocycles. The van der Waals surface area contributed by atoms with Crippen molar-refractivity contribution in [3.05, 3.63) is 35.4 Å². The highest BCUT2D eigenvalue weighted by atomic mass is 32.2. The standard InChI is InChI=1S/C10H8N4S/c11-5-7-1-3-8(4-2-7)9-6-15-10(12)14-13-9/h1-4H,6H2,(H2,12,14). The molecule has 2 rings (SSSR count). The summed E-state index contributed by atoms with van der Waals surface area (Å²) in [5.41, 5.74) is 8.00. The minimum Gasteiger partial charge on any atom is -0.377 e. The maximum atomic E-state index is 8.65. The Hall–Kier alpha value is -1.80. The Labute approximate surface area is 91.5 Å². The molecule has 0 radical (unpaired) electrons. The van der Waals surface area contributed by atoms with E-state index in [4.69, 9.17) is 11.0 Å². The summed E-state index contributed by atoms with van der Waals surface area (Å²) in [6, 6.07) is 9.35. The van der Waals surface area contributed by atoms with Crippen LogP contribution in [0.1, 0.15) is 11.1 Å². The van der Waals surface area contributed by atoms with Gasteiger partial charge in [0.05, 0.1) is 17.3 Å². The molecule has 2 N–H and O–H groups in total. The van der Waals surface area contributed by atoms with Gasteiger partial charge in [0.1, 0.15) is 0 Å². The van der Waals surface area contributed by atoms with Gasteiger partial charge in [-0.2, -0.15) is 10.4 Å². The highest BCUT2D eigenvalue weighted by Gasteiger charge is 2.09. The van der Waals surface area contributed by atoms with Crippen LogP contribution in [0.2, 0.25) is 0 Å². The fraction of sp³-hybridized carbons (Fsp3) is 0.100. The zero-order valence-electron chi connectivity index (χ0n) is 7.84. The Balaban J connectivity index is 2.28. The number of thioether (sulfide) groups is 1. The molecular formula is C10H8N4S. The van der Waals surface area contributed by atoms with Gasteiger partial charge in [0.15, 0.2) is 5.17 Å². The van der Waals surface area contributed by atoms with Crippen LogP contribution in [0.3, 0.4) is 0 Å². The summed E-state index contributed by atoms with van der Waals surface area (Å²) >= 11 is 1.46. The minimum absolute atomic E-state index is 0.493. The fourth-order valence-electron chi connectivity index (χ4n) is 1.19. The average molecular weight is 216 g/mol. The first-order chi connectivity index (χ1) is 7.29. The van der Waals surface area contributed by atoms with Crippen LogP contribution in [0.25, 0.3) is 0 Å². The van der Waals surface area contributed by atoms with E-state index in [1.165, 1.54) is 11.8 Å². The molecule has 15 heavy (non-hydrogen) atoms. The van der Waals surface area contributed by atoms with Gasteiger partial charge in [0, 0.05) is 5.75 Å². The van der Waals surface area contributed by atoms with Crippen LogP contribution in [0.5, 0.6) is 0 Å². The fourth-order valence-corrected chi connectivity index (χ4v) is 1.80. The molecular weight excluding hydrogens is 208 g/mol. The summed E-state index contributed by atoms with van der Waals surface area (Å²) in [6.07, 6.45) is 0. The monoisotopic (exact) mass is 216 g/mol. The van der Waals surface area contributed by atoms with Crippen molar-refractivity contribution in [2.75, 3.05) is 5.75 Å². The van der Waals surface area contributed by atoms with Crippen molar-refractivity contribution in [3.63, 3.8) is 0 Å². The second-order valence-electron chi connectivity index (χ2n) is 2.96. The van der Waals surface area contributed by atoms with Crippen molar-refractivity contribution in [2.45, 2.75) is 0 Å². The second kappa shape index (κ2) is 4.15. The van der Waals surface area contributed by atoms with Crippen molar-refractivity contribution in [1.82, 2.24) is 0 Å². The molecule has 1 aromatic rings. The van der Waals surface area contributed by atoms with Gasteiger partial charge >= 0.3 is 0 Å². The molecule has 0 unspecified atom stereocenters. The lowest BCUT2D eigenvalue weighted by Gasteiger charge is -2.08. The van der Waals surface area contributed by atoms with Gasteiger partial charge in [-0.25, -0.2) is 0 Å². The van der Waals surface area contributed by atoms with E-state index in [1.807, 2.05) is 12.1 Å². The molecule has 0 aliphatic carbocycles. The Morgan fingerprint density at radius 2 is 2.00 bits per heavy atom. The van der Waals surface area contributed by atoms with Crippen molar-refractivity contribution < 1.29 is 0 Å². The van der Waals surface area contributed by atoms with Gasteiger partial charge in [0.2, 0.25) is 0 Å². The summed E-state index contributed by atoms with van der Waals surface area (Å²) in [7, 11) is 0. The van der Waals surface area contributed by atoms with Crippen LogP contribution in [0.15, 0.2) is 34.5 Å². The molecule has 74 valence electrons. The van der Waals surface area contributed by atoms with E-state index in [0.29, 0.717) is 10.7 Å². The maximum Gasteiger partial charge on any atom is 0.180 e. The normalized spacial score (nSPS) is 15.1. The van der Waals surface area contributed by atoms with Gasteiger partial charge in [-0.1, -0.05) is 23.9 Å². The number of amidine groups is 1. The number of nitrogens with two attached hydrogens (primary N) is 1. The van der Waals surface area contributed by atoms with E-state index in [9.17, 15) is 0 Å². The number of benzene rings is 1. The molecule has 0 saturated heterocycles. The molecule has 0 amide bonds. The van der Waals surface area contributed by atoms with E-state index in [1.54, 1.807) is 12.1 Å². The highest BCUT2D eigenvalue weighted by molar-refractivity contribution is 8.14. The number of hydrogen-bond acceptors (Lipinski definition) is 5. The first-order valence-electron chi connectivity index (χ1n) is 4.33. The molecule has 0 bridgehead atoms. The lowest BCUT2D eigenvalue weighted by Crippen LogP contribution is -2.16. The Morgan fingerprint density at radius 3 is 2.53 bits per heavy atom.